The number of rotatable bonds is 8. The number of benzene rings is 3. The van der Waals surface area contributed by atoms with E-state index in [0.29, 0.717) is 12.2 Å². The molecule has 0 spiro atoms. The Labute approximate surface area is 199 Å². The first kappa shape index (κ1) is 23.9. The predicted molar refractivity (Wildman–Crippen MR) is 122 cm³/mol. The van der Waals surface area contributed by atoms with Crippen LogP contribution in [-0.2, 0) is 20.9 Å². The number of nitrogens with zero attached hydrogens (tertiary/aromatic N) is 1. The van der Waals surface area contributed by atoms with Crippen molar-refractivity contribution in [3.8, 4) is 0 Å². The maximum absolute atomic E-state index is 13.0. The van der Waals surface area contributed by atoms with Gasteiger partial charge in [0.25, 0.3) is 5.91 Å². The highest BCUT2D eigenvalue weighted by Gasteiger charge is 2.39. The van der Waals surface area contributed by atoms with Crippen LogP contribution in [0.5, 0.6) is 0 Å². The number of imide groups is 1. The van der Waals surface area contributed by atoms with Crippen LogP contribution in [-0.4, -0.2) is 36.2 Å². The van der Waals surface area contributed by atoms with Crippen LogP contribution in [0.15, 0.2) is 72.8 Å². The van der Waals surface area contributed by atoms with Crippen LogP contribution in [0.25, 0.3) is 0 Å². The summed E-state index contributed by atoms with van der Waals surface area (Å²) in [5, 5.41) is 3.01. The maximum Gasteiger partial charge on any atom is 0.338 e. The van der Waals surface area contributed by atoms with E-state index in [2.05, 4.69) is 5.32 Å². The quantitative estimate of drug-likeness (QED) is 0.303. The van der Waals surface area contributed by atoms with Gasteiger partial charge >= 0.3 is 5.97 Å². The average Bonchev–Trinajstić information content (AvgIpc) is 3.15. The van der Waals surface area contributed by atoms with Crippen molar-refractivity contribution in [3.63, 3.8) is 0 Å². The van der Waals surface area contributed by atoms with Crippen LogP contribution in [0.2, 0.25) is 0 Å². The van der Waals surface area contributed by atoms with Crippen LogP contribution < -0.4 is 10.2 Å². The van der Waals surface area contributed by atoms with Gasteiger partial charge in [-0.2, -0.15) is 0 Å². The van der Waals surface area contributed by atoms with Gasteiger partial charge in [0, 0.05) is 12.1 Å². The average molecular weight is 478 g/mol. The van der Waals surface area contributed by atoms with Crippen molar-refractivity contribution in [1.29, 1.82) is 0 Å². The minimum Gasteiger partial charge on any atom is -0.454 e. The fourth-order valence-electron chi connectivity index (χ4n) is 3.59. The molecule has 4 rings (SSSR count). The summed E-state index contributed by atoms with van der Waals surface area (Å²) in [6, 6.07) is 15.6. The van der Waals surface area contributed by atoms with E-state index in [9.17, 15) is 28.0 Å². The summed E-state index contributed by atoms with van der Waals surface area (Å²) >= 11 is 0. The highest BCUT2D eigenvalue weighted by molar-refractivity contribution is 6.22. The fraction of sp³-hybridized carbons (Fsp3) is 0.154. The fourth-order valence-corrected chi connectivity index (χ4v) is 3.59. The second-order valence-electron chi connectivity index (χ2n) is 7.88. The number of ketones is 1. The Morgan fingerprint density at radius 1 is 0.857 bits per heavy atom. The second kappa shape index (κ2) is 10.4. The first-order chi connectivity index (χ1) is 16.8. The SMILES string of the molecule is O=C(COC(=O)c1ccc(N2C(=O)CC(NCc3ccc(F)cc3)C2=O)cc1)c1ccc(F)cc1. The topological polar surface area (TPSA) is 92.8 Å². The van der Waals surface area contributed by atoms with E-state index in [1.54, 1.807) is 12.1 Å². The molecule has 0 radical (unpaired) electrons. The van der Waals surface area contributed by atoms with E-state index < -0.39 is 42.0 Å². The largest absolute Gasteiger partial charge is 0.454 e. The summed E-state index contributed by atoms with van der Waals surface area (Å²) in [6.45, 7) is -0.226. The number of esters is 1. The van der Waals surface area contributed by atoms with Gasteiger partial charge in [-0.15, -0.1) is 0 Å². The molecule has 1 heterocycles. The van der Waals surface area contributed by atoms with Crippen LogP contribution in [0.3, 0.4) is 0 Å². The lowest BCUT2D eigenvalue weighted by molar-refractivity contribution is -0.121. The third-order valence-corrected chi connectivity index (χ3v) is 5.47. The molecule has 0 aromatic heterocycles. The summed E-state index contributed by atoms with van der Waals surface area (Å²) in [4.78, 5) is 50.6. The molecule has 2 amide bonds. The number of hydrogen-bond donors (Lipinski definition) is 1. The zero-order chi connectivity index (χ0) is 24.9. The van der Waals surface area contributed by atoms with E-state index in [-0.39, 0.29) is 23.4 Å². The summed E-state index contributed by atoms with van der Waals surface area (Å²) in [7, 11) is 0. The molecule has 9 heteroatoms. The van der Waals surface area contributed by atoms with Crippen LogP contribution in [0.1, 0.15) is 32.7 Å². The van der Waals surface area contributed by atoms with Gasteiger partial charge in [-0.3, -0.25) is 14.4 Å². The summed E-state index contributed by atoms with van der Waals surface area (Å²) in [5.74, 6) is -2.92. The molecule has 0 aliphatic carbocycles. The standard InChI is InChI=1S/C26H20F2N2O5/c27-19-7-1-16(2-8-19)14-29-22-13-24(32)30(25(22)33)21-11-5-18(6-12-21)26(34)35-15-23(31)17-3-9-20(28)10-4-17/h1-12,22,29H,13-15H2. The molecule has 35 heavy (non-hydrogen) atoms. The van der Waals surface area contributed by atoms with Crippen LogP contribution in [0, 0.1) is 11.6 Å². The molecule has 1 N–H and O–H groups in total. The highest BCUT2D eigenvalue weighted by atomic mass is 19.1. The molecule has 178 valence electrons. The Kier molecular flexibility index (Phi) is 7.07. The first-order valence-electron chi connectivity index (χ1n) is 10.7. The van der Waals surface area contributed by atoms with Gasteiger partial charge in [-0.05, 0) is 66.2 Å². The Balaban J connectivity index is 1.34. The molecule has 0 bridgehead atoms. The summed E-state index contributed by atoms with van der Waals surface area (Å²) in [5.41, 5.74) is 1.41. The van der Waals surface area contributed by atoms with Crippen LogP contribution >= 0.6 is 0 Å². The lowest BCUT2D eigenvalue weighted by Crippen LogP contribution is -2.38. The normalized spacial score (nSPS) is 15.4. The van der Waals surface area contributed by atoms with E-state index in [4.69, 9.17) is 4.74 Å². The van der Waals surface area contributed by atoms with Gasteiger partial charge in [0.2, 0.25) is 5.91 Å². The van der Waals surface area contributed by atoms with Crippen LogP contribution in [0.4, 0.5) is 14.5 Å². The van der Waals surface area contributed by atoms with Gasteiger partial charge in [0.15, 0.2) is 12.4 Å². The van der Waals surface area contributed by atoms with Crippen molar-refractivity contribution in [1.82, 2.24) is 5.32 Å². The maximum atomic E-state index is 13.0. The zero-order valence-electron chi connectivity index (χ0n) is 18.4. The molecule has 1 fully saturated rings. The smallest absolute Gasteiger partial charge is 0.338 e. The van der Waals surface area contributed by atoms with Gasteiger partial charge in [0.1, 0.15) is 11.6 Å². The van der Waals surface area contributed by atoms with E-state index in [1.807, 2.05) is 0 Å². The lowest BCUT2D eigenvalue weighted by Gasteiger charge is -2.16. The summed E-state index contributed by atoms with van der Waals surface area (Å²) in [6.07, 6.45) is -0.0324. The number of amides is 2. The molecule has 7 nitrogen and oxygen atoms in total. The molecular formula is C26H20F2N2O5. The van der Waals surface area contributed by atoms with Crippen molar-refractivity contribution in [2.75, 3.05) is 11.5 Å². The second-order valence-corrected chi connectivity index (χ2v) is 7.88. The van der Waals surface area contributed by atoms with E-state index in [0.717, 1.165) is 22.6 Å². The Bertz CT molecular complexity index is 1260. The van der Waals surface area contributed by atoms with Gasteiger partial charge in [-0.1, -0.05) is 12.1 Å². The Hall–Kier alpha value is -4.24. The molecule has 3 aromatic rings. The number of hydrogen-bond acceptors (Lipinski definition) is 6. The number of anilines is 1. The Morgan fingerprint density at radius 3 is 2.06 bits per heavy atom. The van der Waals surface area contributed by atoms with Gasteiger partial charge in [0.05, 0.1) is 23.7 Å². The number of carbonyl (C=O) groups excluding carboxylic acids is 4. The minimum absolute atomic E-state index is 0.0324. The molecule has 0 saturated carbocycles. The molecule has 1 saturated heterocycles. The minimum atomic E-state index is -0.759. The number of nitrogens with one attached hydrogen (secondary N) is 1. The number of Topliss-reactive ketones (excluding diaryl/α,β-unsaturated/α-hetero) is 1. The molecule has 1 aliphatic rings. The molecule has 3 aromatic carbocycles. The summed E-state index contributed by atoms with van der Waals surface area (Å²) < 4.78 is 31.0. The molecular weight excluding hydrogens is 458 g/mol. The first-order valence-corrected chi connectivity index (χ1v) is 10.7. The van der Waals surface area contributed by atoms with E-state index >= 15 is 0 Å². The molecule has 1 atom stereocenters. The third kappa shape index (κ3) is 5.64. The highest BCUT2D eigenvalue weighted by Crippen LogP contribution is 2.24. The monoisotopic (exact) mass is 478 g/mol. The predicted octanol–water partition coefficient (Wildman–Crippen LogP) is 3.43. The zero-order valence-corrected chi connectivity index (χ0v) is 18.4. The Morgan fingerprint density at radius 2 is 1.43 bits per heavy atom. The van der Waals surface area contributed by atoms with Crippen molar-refractivity contribution >= 4 is 29.3 Å². The molecule has 1 unspecified atom stereocenters. The number of ether oxygens (including phenoxy) is 1. The third-order valence-electron chi connectivity index (χ3n) is 5.47. The van der Waals surface area contributed by atoms with Gasteiger partial charge in [-0.25, -0.2) is 18.5 Å². The lowest BCUT2D eigenvalue weighted by atomic mass is 10.1. The van der Waals surface area contributed by atoms with Crippen molar-refractivity contribution in [2.45, 2.75) is 19.0 Å². The van der Waals surface area contributed by atoms with Gasteiger partial charge < -0.3 is 10.1 Å². The molecule has 1 aliphatic heterocycles. The number of halogens is 2. The van der Waals surface area contributed by atoms with Crippen molar-refractivity contribution in [2.24, 2.45) is 0 Å². The van der Waals surface area contributed by atoms with Crippen molar-refractivity contribution < 1.29 is 32.7 Å². The van der Waals surface area contributed by atoms with E-state index in [1.165, 1.54) is 48.5 Å². The van der Waals surface area contributed by atoms with Crippen molar-refractivity contribution in [3.05, 3.63) is 101 Å². The number of carbonyl (C=O) groups is 4.